The number of carbonyl (C=O) groups excluding carboxylic acids is 1. The molecule has 0 aromatic rings. The molecule has 21 heavy (non-hydrogen) atoms. The van der Waals surface area contributed by atoms with Gasteiger partial charge in [-0.15, -0.1) is 0 Å². The zero-order chi connectivity index (χ0) is 15.7. The van der Waals surface area contributed by atoms with E-state index in [9.17, 15) is 4.79 Å². The summed E-state index contributed by atoms with van der Waals surface area (Å²) in [6.45, 7) is 7.90. The second-order valence-electron chi connectivity index (χ2n) is 6.33. The summed E-state index contributed by atoms with van der Waals surface area (Å²) in [6.07, 6.45) is 4.98. The first-order valence-electron chi connectivity index (χ1n) is 8.33. The lowest BCUT2D eigenvalue weighted by Crippen LogP contribution is -2.44. The third kappa shape index (κ3) is 7.14. The first-order chi connectivity index (χ1) is 10.1. The third-order valence-corrected chi connectivity index (χ3v) is 4.28. The largest absolute Gasteiger partial charge is 0.396 e. The van der Waals surface area contributed by atoms with Crippen molar-refractivity contribution in [3.63, 3.8) is 0 Å². The molecule has 5 heteroatoms. The van der Waals surface area contributed by atoms with Crippen LogP contribution in [0.4, 0.5) is 4.79 Å². The van der Waals surface area contributed by atoms with Gasteiger partial charge >= 0.3 is 6.03 Å². The quantitative estimate of drug-likeness (QED) is 0.644. The van der Waals surface area contributed by atoms with Crippen LogP contribution < -0.4 is 10.6 Å². The van der Waals surface area contributed by atoms with E-state index in [2.05, 4.69) is 24.5 Å². The highest BCUT2D eigenvalue weighted by Crippen LogP contribution is 2.23. The SMILES string of the molecule is CCOC(CCNC(=O)NC1CCC(CO)CC1)C(C)C. The van der Waals surface area contributed by atoms with E-state index in [1.165, 1.54) is 0 Å². The third-order valence-electron chi connectivity index (χ3n) is 4.28. The average Bonchev–Trinajstić information content (AvgIpc) is 2.47. The van der Waals surface area contributed by atoms with E-state index in [0.717, 1.165) is 32.1 Å². The van der Waals surface area contributed by atoms with E-state index < -0.39 is 0 Å². The van der Waals surface area contributed by atoms with Gasteiger partial charge in [0.05, 0.1) is 6.10 Å². The lowest BCUT2D eigenvalue weighted by molar-refractivity contribution is 0.0255. The van der Waals surface area contributed by atoms with Crippen LogP contribution in [-0.4, -0.2) is 43.0 Å². The van der Waals surface area contributed by atoms with Crippen molar-refractivity contribution < 1.29 is 14.6 Å². The Balaban J connectivity index is 2.16. The Kier molecular flexibility index (Phi) is 8.69. The first-order valence-corrected chi connectivity index (χ1v) is 8.33. The van der Waals surface area contributed by atoms with Crippen LogP contribution >= 0.6 is 0 Å². The van der Waals surface area contributed by atoms with Gasteiger partial charge in [0.2, 0.25) is 0 Å². The fraction of sp³-hybridized carbons (Fsp3) is 0.938. The van der Waals surface area contributed by atoms with Crippen LogP contribution in [0.25, 0.3) is 0 Å². The number of aliphatic hydroxyl groups is 1. The molecule has 1 aliphatic carbocycles. The van der Waals surface area contributed by atoms with Crippen LogP contribution in [0.5, 0.6) is 0 Å². The topological polar surface area (TPSA) is 70.6 Å². The lowest BCUT2D eigenvalue weighted by atomic mass is 9.87. The Hall–Kier alpha value is -0.810. The fourth-order valence-electron chi connectivity index (χ4n) is 2.88. The number of ether oxygens (including phenoxy) is 1. The summed E-state index contributed by atoms with van der Waals surface area (Å²) in [5.41, 5.74) is 0. The molecule has 0 bridgehead atoms. The zero-order valence-corrected chi connectivity index (χ0v) is 13.7. The summed E-state index contributed by atoms with van der Waals surface area (Å²) in [7, 11) is 0. The van der Waals surface area contributed by atoms with Crippen molar-refractivity contribution in [2.75, 3.05) is 19.8 Å². The van der Waals surface area contributed by atoms with Crippen LogP contribution in [0.3, 0.4) is 0 Å². The minimum Gasteiger partial charge on any atom is -0.396 e. The van der Waals surface area contributed by atoms with E-state index in [1.54, 1.807) is 0 Å². The van der Waals surface area contributed by atoms with E-state index >= 15 is 0 Å². The Bertz CT molecular complexity index is 289. The number of urea groups is 1. The maximum absolute atomic E-state index is 11.9. The molecule has 1 unspecified atom stereocenters. The summed E-state index contributed by atoms with van der Waals surface area (Å²) < 4.78 is 5.66. The lowest BCUT2D eigenvalue weighted by Gasteiger charge is -2.28. The molecule has 0 aliphatic heterocycles. The zero-order valence-electron chi connectivity index (χ0n) is 13.7. The van der Waals surface area contributed by atoms with Gasteiger partial charge < -0.3 is 20.5 Å². The molecule has 124 valence electrons. The molecule has 3 N–H and O–H groups in total. The monoisotopic (exact) mass is 300 g/mol. The maximum Gasteiger partial charge on any atom is 0.315 e. The van der Waals surface area contributed by atoms with Crippen molar-refractivity contribution >= 4 is 6.03 Å². The highest BCUT2D eigenvalue weighted by atomic mass is 16.5. The minimum absolute atomic E-state index is 0.0820. The maximum atomic E-state index is 11.9. The van der Waals surface area contributed by atoms with Gasteiger partial charge in [-0.25, -0.2) is 4.79 Å². The van der Waals surface area contributed by atoms with Crippen molar-refractivity contribution in [2.45, 2.75) is 65.0 Å². The number of carbonyl (C=O) groups is 1. The van der Waals surface area contributed by atoms with Crippen molar-refractivity contribution in [1.29, 1.82) is 0 Å². The second kappa shape index (κ2) is 10.0. The average molecular weight is 300 g/mol. The number of nitrogens with one attached hydrogen (secondary N) is 2. The van der Waals surface area contributed by atoms with Crippen LogP contribution in [-0.2, 0) is 4.74 Å². The van der Waals surface area contributed by atoms with E-state index in [1.807, 2.05) is 6.92 Å². The second-order valence-corrected chi connectivity index (χ2v) is 6.33. The molecule has 1 rings (SSSR count). The van der Waals surface area contributed by atoms with Gasteiger partial charge in [-0.05, 0) is 50.9 Å². The number of hydrogen-bond donors (Lipinski definition) is 3. The number of rotatable bonds is 8. The number of amides is 2. The van der Waals surface area contributed by atoms with E-state index in [4.69, 9.17) is 9.84 Å². The normalized spacial score (nSPS) is 23.9. The van der Waals surface area contributed by atoms with Crippen molar-refractivity contribution in [3.8, 4) is 0 Å². The van der Waals surface area contributed by atoms with Gasteiger partial charge in [0.25, 0.3) is 0 Å². The smallest absolute Gasteiger partial charge is 0.315 e. The van der Waals surface area contributed by atoms with Gasteiger partial charge in [-0.1, -0.05) is 13.8 Å². The summed E-state index contributed by atoms with van der Waals surface area (Å²) in [5, 5.41) is 15.0. The first kappa shape index (κ1) is 18.2. The molecule has 0 spiro atoms. The molecule has 2 amide bonds. The Morgan fingerprint density at radius 3 is 2.48 bits per heavy atom. The van der Waals surface area contributed by atoms with E-state index in [0.29, 0.717) is 25.0 Å². The molecule has 0 aromatic carbocycles. The predicted octanol–water partition coefficient (Wildman–Crippen LogP) is 2.29. The minimum atomic E-state index is -0.0820. The molecule has 0 aromatic heterocycles. The standard InChI is InChI=1S/C16H32N2O3/c1-4-21-15(12(2)3)9-10-17-16(20)18-14-7-5-13(11-19)6-8-14/h12-15,19H,4-11H2,1-3H3,(H2,17,18,20). The molecule has 1 aliphatic rings. The Labute approximate surface area is 128 Å². The van der Waals surface area contributed by atoms with Gasteiger partial charge in [-0.3, -0.25) is 0 Å². The van der Waals surface area contributed by atoms with Gasteiger partial charge in [0.1, 0.15) is 0 Å². The van der Waals surface area contributed by atoms with Crippen molar-refractivity contribution in [1.82, 2.24) is 10.6 Å². The summed E-state index contributed by atoms with van der Waals surface area (Å²) >= 11 is 0. The number of hydrogen-bond acceptors (Lipinski definition) is 3. The van der Waals surface area contributed by atoms with Crippen LogP contribution in [0.2, 0.25) is 0 Å². The molecule has 0 radical (unpaired) electrons. The summed E-state index contributed by atoms with van der Waals surface area (Å²) in [4.78, 5) is 11.9. The molecular weight excluding hydrogens is 268 g/mol. The van der Waals surface area contributed by atoms with Gasteiger partial charge in [-0.2, -0.15) is 0 Å². The van der Waals surface area contributed by atoms with E-state index in [-0.39, 0.29) is 24.8 Å². The highest BCUT2D eigenvalue weighted by molar-refractivity contribution is 5.74. The van der Waals surface area contributed by atoms with Crippen molar-refractivity contribution in [3.05, 3.63) is 0 Å². The van der Waals surface area contributed by atoms with Crippen LogP contribution in [0, 0.1) is 11.8 Å². The highest BCUT2D eigenvalue weighted by Gasteiger charge is 2.21. The Morgan fingerprint density at radius 1 is 1.29 bits per heavy atom. The van der Waals surface area contributed by atoms with Crippen molar-refractivity contribution in [2.24, 2.45) is 11.8 Å². The fourth-order valence-corrected chi connectivity index (χ4v) is 2.88. The molecule has 1 saturated carbocycles. The van der Waals surface area contributed by atoms with Gasteiger partial charge in [0, 0.05) is 25.8 Å². The molecule has 1 fully saturated rings. The molecule has 0 saturated heterocycles. The number of aliphatic hydroxyl groups excluding tert-OH is 1. The molecule has 1 atom stereocenters. The van der Waals surface area contributed by atoms with Crippen LogP contribution in [0.15, 0.2) is 0 Å². The molecular formula is C16H32N2O3. The van der Waals surface area contributed by atoms with Gasteiger partial charge in [0.15, 0.2) is 0 Å². The summed E-state index contributed by atoms with van der Waals surface area (Å²) in [6, 6.07) is 0.169. The van der Waals surface area contributed by atoms with Crippen LogP contribution in [0.1, 0.15) is 52.9 Å². The Morgan fingerprint density at radius 2 is 1.95 bits per heavy atom. The molecule has 0 heterocycles. The summed E-state index contributed by atoms with van der Waals surface area (Å²) in [5.74, 6) is 0.882. The molecule has 5 nitrogen and oxygen atoms in total. The predicted molar refractivity (Wildman–Crippen MR) is 84.2 cm³/mol.